The van der Waals surface area contributed by atoms with E-state index in [0.717, 1.165) is 11.4 Å². The number of rotatable bonds is 4. The van der Waals surface area contributed by atoms with E-state index < -0.39 is 5.25 Å². The molecule has 0 saturated carbocycles. The van der Waals surface area contributed by atoms with Crippen molar-refractivity contribution >= 4 is 29.1 Å². The smallest absolute Gasteiger partial charge is 0.253 e. The van der Waals surface area contributed by atoms with Crippen LogP contribution in [-0.4, -0.2) is 30.7 Å². The Hall–Kier alpha value is -2.92. The van der Waals surface area contributed by atoms with Crippen molar-refractivity contribution in [3.05, 3.63) is 47.3 Å². The summed E-state index contributed by atoms with van der Waals surface area (Å²) in [6.07, 6.45) is 0. The number of anilines is 1. The minimum Gasteiger partial charge on any atom is -0.325 e. The van der Waals surface area contributed by atoms with Crippen LogP contribution < -0.4 is 5.32 Å². The zero-order valence-corrected chi connectivity index (χ0v) is 14.8. The highest BCUT2D eigenvalue weighted by molar-refractivity contribution is 8.00. The Kier molecular flexibility index (Phi) is 4.67. The van der Waals surface area contributed by atoms with Gasteiger partial charge < -0.3 is 5.32 Å². The molecule has 1 amide bonds. The van der Waals surface area contributed by atoms with E-state index in [1.54, 1.807) is 35.7 Å². The highest BCUT2D eigenvalue weighted by Gasteiger charge is 2.18. The monoisotopic (exact) mass is 352 g/mol. The molecule has 7 nitrogen and oxygen atoms in total. The lowest BCUT2D eigenvalue weighted by atomic mass is 10.2. The Balaban J connectivity index is 1.73. The third-order valence-corrected chi connectivity index (χ3v) is 4.46. The molecule has 3 rings (SSSR count). The zero-order chi connectivity index (χ0) is 18.0. The van der Waals surface area contributed by atoms with E-state index in [9.17, 15) is 4.79 Å². The van der Waals surface area contributed by atoms with Crippen LogP contribution in [0, 0.1) is 25.2 Å². The van der Waals surface area contributed by atoms with Crippen molar-refractivity contribution < 1.29 is 4.79 Å². The van der Waals surface area contributed by atoms with E-state index in [4.69, 9.17) is 5.26 Å². The standard InChI is InChI=1S/C17H16N6OS/c1-10-7-11(2)23-16(19-10)21-17(22-23)25-12(3)15(24)20-14-6-4-5-13(8-14)9-18/h4-8,12H,1-3H3,(H,20,24)/t12-/m0/s1. The van der Waals surface area contributed by atoms with E-state index >= 15 is 0 Å². The van der Waals surface area contributed by atoms with E-state index in [2.05, 4.69) is 20.4 Å². The number of nitriles is 1. The van der Waals surface area contributed by atoms with E-state index in [1.807, 2.05) is 26.0 Å². The summed E-state index contributed by atoms with van der Waals surface area (Å²) in [6.45, 7) is 5.62. The molecule has 1 atom stereocenters. The Morgan fingerprint density at radius 2 is 2.12 bits per heavy atom. The maximum atomic E-state index is 12.4. The SMILES string of the molecule is Cc1cc(C)n2nc(S[C@@H](C)C(=O)Nc3cccc(C#N)c3)nc2n1. The molecule has 0 aliphatic carbocycles. The number of hydrogen-bond donors (Lipinski definition) is 1. The molecule has 0 aliphatic heterocycles. The first-order valence-corrected chi connectivity index (χ1v) is 8.53. The molecule has 0 fully saturated rings. The van der Waals surface area contributed by atoms with Crippen LogP contribution in [0.15, 0.2) is 35.5 Å². The molecule has 126 valence electrons. The molecule has 25 heavy (non-hydrogen) atoms. The maximum Gasteiger partial charge on any atom is 0.253 e. The molecule has 0 spiro atoms. The number of carbonyl (C=O) groups excluding carboxylic acids is 1. The Labute approximate surface area is 149 Å². The van der Waals surface area contributed by atoms with Crippen molar-refractivity contribution in [2.45, 2.75) is 31.2 Å². The van der Waals surface area contributed by atoms with Gasteiger partial charge in [-0.25, -0.2) is 9.50 Å². The number of amides is 1. The first-order valence-electron chi connectivity index (χ1n) is 7.65. The van der Waals surface area contributed by atoms with Crippen molar-refractivity contribution in [3.8, 4) is 6.07 Å². The van der Waals surface area contributed by atoms with Crippen LogP contribution in [0.25, 0.3) is 5.78 Å². The van der Waals surface area contributed by atoms with Crippen molar-refractivity contribution in [1.29, 1.82) is 5.26 Å². The van der Waals surface area contributed by atoms with Gasteiger partial charge in [0, 0.05) is 17.1 Å². The summed E-state index contributed by atoms with van der Waals surface area (Å²) in [5.74, 6) is 0.342. The number of carbonyl (C=O) groups is 1. The fourth-order valence-corrected chi connectivity index (χ4v) is 3.07. The molecule has 2 heterocycles. The van der Waals surface area contributed by atoms with Gasteiger partial charge in [-0.2, -0.15) is 10.2 Å². The molecule has 0 unspecified atom stereocenters. The molecule has 8 heteroatoms. The van der Waals surface area contributed by atoms with E-state index in [-0.39, 0.29) is 5.91 Å². The average Bonchev–Trinajstić information content (AvgIpc) is 2.97. The highest BCUT2D eigenvalue weighted by Crippen LogP contribution is 2.22. The van der Waals surface area contributed by atoms with Gasteiger partial charge in [0.1, 0.15) is 0 Å². The third-order valence-electron chi connectivity index (χ3n) is 3.51. The number of aromatic nitrogens is 4. The lowest BCUT2D eigenvalue weighted by molar-refractivity contribution is -0.115. The minimum atomic E-state index is -0.399. The molecule has 2 aromatic heterocycles. The third kappa shape index (κ3) is 3.78. The van der Waals surface area contributed by atoms with Crippen molar-refractivity contribution in [2.24, 2.45) is 0 Å². The van der Waals surface area contributed by atoms with Crippen LogP contribution in [0.1, 0.15) is 23.9 Å². The Morgan fingerprint density at radius 3 is 2.88 bits per heavy atom. The van der Waals surface area contributed by atoms with Crippen LogP contribution in [0.3, 0.4) is 0 Å². The van der Waals surface area contributed by atoms with Crippen molar-refractivity contribution in [1.82, 2.24) is 19.6 Å². The quantitative estimate of drug-likeness (QED) is 0.725. The first-order chi connectivity index (χ1) is 12.0. The zero-order valence-electron chi connectivity index (χ0n) is 14.0. The first kappa shape index (κ1) is 16.9. The van der Waals surface area contributed by atoms with Crippen LogP contribution >= 0.6 is 11.8 Å². The second-order valence-corrected chi connectivity index (χ2v) is 6.89. The molecule has 3 aromatic rings. The molecule has 1 aromatic carbocycles. The fraction of sp³-hybridized carbons (Fsp3) is 0.235. The number of nitrogens with one attached hydrogen (secondary N) is 1. The normalized spacial score (nSPS) is 11.9. The van der Waals surface area contributed by atoms with Gasteiger partial charge in [0.25, 0.3) is 5.78 Å². The molecular weight excluding hydrogens is 336 g/mol. The second-order valence-electron chi connectivity index (χ2n) is 5.59. The van der Waals surface area contributed by atoms with Crippen LogP contribution in [0.4, 0.5) is 5.69 Å². The highest BCUT2D eigenvalue weighted by atomic mass is 32.2. The number of nitrogens with zero attached hydrogens (tertiary/aromatic N) is 5. The van der Waals surface area contributed by atoms with Crippen LogP contribution in [0.5, 0.6) is 0 Å². The molecular formula is C17H16N6OS. The van der Waals surface area contributed by atoms with Crippen LogP contribution in [0.2, 0.25) is 0 Å². The Morgan fingerprint density at radius 1 is 1.32 bits per heavy atom. The van der Waals surface area contributed by atoms with Gasteiger partial charge in [0.05, 0.1) is 16.9 Å². The number of thioether (sulfide) groups is 1. The van der Waals surface area contributed by atoms with E-state index in [0.29, 0.717) is 22.2 Å². The topological polar surface area (TPSA) is 96.0 Å². The number of aryl methyl sites for hydroxylation is 2. The van der Waals surface area contributed by atoms with Crippen molar-refractivity contribution in [2.75, 3.05) is 5.32 Å². The van der Waals surface area contributed by atoms with Gasteiger partial charge in [0.15, 0.2) is 0 Å². The Bertz CT molecular complexity index is 990. The number of fused-ring (bicyclic) bond motifs is 1. The van der Waals surface area contributed by atoms with E-state index in [1.165, 1.54) is 11.8 Å². The minimum absolute atomic E-state index is 0.181. The number of hydrogen-bond acceptors (Lipinski definition) is 6. The lowest BCUT2D eigenvalue weighted by Crippen LogP contribution is -2.22. The van der Waals surface area contributed by atoms with Gasteiger partial charge in [-0.1, -0.05) is 17.8 Å². The predicted molar refractivity (Wildman–Crippen MR) is 95.4 cm³/mol. The molecule has 0 bridgehead atoms. The van der Waals surface area contributed by atoms with Gasteiger partial charge >= 0.3 is 0 Å². The largest absolute Gasteiger partial charge is 0.325 e. The predicted octanol–water partition coefficient (Wildman–Crippen LogP) is 2.73. The maximum absolute atomic E-state index is 12.4. The van der Waals surface area contributed by atoms with Crippen LogP contribution in [-0.2, 0) is 4.79 Å². The fourth-order valence-electron chi connectivity index (χ4n) is 2.32. The van der Waals surface area contributed by atoms with Gasteiger partial charge in [0.2, 0.25) is 11.1 Å². The average molecular weight is 352 g/mol. The molecule has 0 aliphatic rings. The van der Waals surface area contributed by atoms with Gasteiger partial charge in [-0.15, -0.1) is 5.10 Å². The summed E-state index contributed by atoms with van der Waals surface area (Å²) in [6, 6.07) is 10.8. The second kappa shape index (κ2) is 6.91. The number of benzene rings is 1. The van der Waals surface area contributed by atoms with Crippen molar-refractivity contribution in [3.63, 3.8) is 0 Å². The van der Waals surface area contributed by atoms with Gasteiger partial charge in [-0.3, -0.25) is 4.79 Å². The van der Waals surface area contributed by atoms with Gasteiger partial charge in [-0.05, 0) is 45.0 Å². The lowest BCUT2D eigenvalue weighted by Gasteiger charge is -2.10. The molecule has 1 N–H and O–H groups in total. The summed E-state index contributed by atoms with van der Waals surface area (Å²) in [4.78, 5) is 21.1. The molecule has 0 radical (unpaired) electrons. The molecule has 0 saturated heterocycles. The summed E-state index contributed by atoms with van der Waals surface area (Å²) in [7, 11) is 0. The summed E-state index contributed by atoms with van der Waals surface area (Å²) < 4.78 is 1.66. The summed E-state index contributed by atoms with van der Waals surface area (Å²) in [5.41, 5.74) is 2.90. The summed E-state index contributed by atoms with van der Waals surface area (Å²) >= 11 is 1.26. The summed E-state index contributed by atoms with van der Waals surface area (Å²) in [5, 5.41) is 16.2.